The largest absolute Gasteiger partial charge is 0.454 e. The number of benzene rings is 3. The van der Waals surface area contributed by atoms with Crippen LogP contribution in [-0.2, 0) is 14.3 Å². The standard InChI is InChI=1S/C34H34N4O5S/c1-21-9-12-26(13-10-21)38-34-31(32(35-38)24-7-5-4-6-8-24)33(25-11-14-27-28(15-25)42-20-41-27)44-19-30(40)37(34)18-29(39)36-16-22(2)43-23(3)17-36/h4-15,22-23,33H,16-20H2,1-3H3. The highest BCUT2D eigenvalue weighted by atomic mass is 32.2. The van der Waals surface area contributed by atoms with Crippen molar-refractivity contribution < 1.29 is 23.8 Å². The maximum absolute atomic E-state index is 14.1. The Morgan fingerprint density at radius 3 is 2.43 bits per heavy atom. The molecule has 3 atom stereocenters. The van der Waals surface area contributed by atoms with E-state index in [1.54, 1.807) is 4.90 Å². The fourth-order valence-corrected chi connectivity index (χ4v) is 7.34. The van der Waals surface area contributed by atoms with E-state index >= 15 is 0 Å². The topological polar surface area (TPSA) is 86.1 Å². The fraction of sp³-hybridized carbons (Fsp3) is 0.324. The molecule has 44 heavy (non-hydrogen) atoms. The maximum Gasteiger partial charge on any atom is 0.242 e. The van der Waals surface area contributed by atoms with E-state index in [0.717, 1.165) is 33.6 Å². The van der Waals surface area contributed by atoms with Gasteiger partial charge in [0.25, 0.3) is 0 Å². The minimum atomic E-state index is -0.263. The third-order valence-electron chi connectivity index (χ3n) is 8.18. The van der Waals surface area contributed by atoms with Gasteiger partial charge in [0.2, 0.25) is 18.6 Å². The lowest BCUT2D eigenvalue weighted by molar-refractivity contribution is -0.142. The van der Waals surface area contributed by atoms with E-state index < -0.39 is 0 Å². The summed E-state index contributed by atoms with van der Waals surface area (Å²) in [7, 11) is 0. The van der Waals surface area contributed by atoms with Gasteiger partial charge < -0.3 is 19.1 Å². The molecule has 7 rings (SSSR count). The van der Waals surface area contributed by atoms with E-state index in [1.807, 2.05) is 103 Å². The minimum Gasteiger partial charge on any atom is -0.454 e. The zero-order valence-electron chi connectivity index (χ0n) is 24.9. The summed E-state index contributed by atoms with van der Waals surface area (Å²) in [5.41, 5.74) is 5.46. The summed E-state index contributed by atoms with van der Waals surface area (Å²) in [5, 5.41) is 4.93. The molecule has 0 N–H and O–H groups in total. The lowest BCUT2D eigenvalue weighted by Crippen LogP contribution is -2.52. The highest BCUT2D eigenvalue weighted by molar-refractivity contribution is 8.00. The Morgan fingerprint density at radius 2 is 1.68 bits per heavy atom. The van der Waals surface area contributed by atoms with Crippen molar-refractivity contribution in [2.24, 2.45) is 0 Å². The van der Waals surface area contributed by atoms with Crippen LogP contribution in [0.15, 0.2) is 72.8 Å². The molecular formula is C34H34N4O5S. The van der Waals surface area contributed by atoms with Crippen LogP contribution in [0.5, 0.6) is 11.5 Å². The van der Waals surface area contributed by atoms with Gasteiger partial charge in [-0.2, -0.15) is 5.10 Å². The Bertz CT molecular complexity index is 1700. The summed E-state index contributed by atoms with van der Waals surface area (Å²) in [4.78, 5) is 31.4. The molecule has 1 fully saturated rings. The molecule has 4 aromatic rings. The summed E-state index contributed by atoms with van der Waals surface area (Å²) in [6.45, 7) is 7.03. The van der Waals surface area contributed by atoms with Gasteiger partial charge in [-0.05, 0) is 50.6 Å². The molecule has 3 aromatic carbocycles. The van der Waals surface area contributed by atoms with Crippen LogP contribution in [0.4, 0.5) is 5.82 Å². The van der Waals surface area contributed by atoms with E-state index in [2.05, 4.69) is 0 Å². The molecule has 1 saturated heterocycles. The van der Waals surface area contributed by atoms with Gasteiger partial charge in [0.05, 0.1) is 34.6 Å². The van der Waals surface area contributed by atoms with Gasteiger partial charge in [0.1, 0.15) is 12.4 Å². The first kappa shape index (κ1) is 28.5. The number of morpholine rings is 1. The molecule has 0 radical (unpaired) electrons. The number of nitrogens with zero attached hydrogens (tertiary/aromatic N) is 4. The Kier molecular flexibility index (Phi) is 7.55. The minimum absolute atomic E-state index is 0.0770. The predicted molar refractivity (Wildman–Crippen MR) is 170 cm³/mol. The summed E-state index contributed by atoms with van der Waals surface area (Å²) in [5.74, 6) is 1.91. The van der Waals surface area contributed by atoms with Crippen LogP contribution in [-0.4, -0.2) is 70.9 Å². The van der Waals surface area contributed by atoms with Gasteiger partial charge in [-0.25, -0.2) is 4.68 Å². The third kappa shape index (κ3) is 5.33. The molecule has 3 unspecified atom stereocenters. The van der Waals surface area contributed by atoms with Gasteiger partial charge in [-0.1, -0.05) is 54.1 Å². The average Bonchev–Trinajstić information content (AvgIpc) is 3.62. The van der Waals surface area contributed by atoms with Crippen molar-refractivity contribution in [2.45, 2.75) is 38.2 Å². The van der Waals surface area contributed by atoms with Crippen molar-refractivity contribution in [3.63, 3.8) is 0 Å². The lowest BCUT2D eigenvalue weighted by Gasteiger charge is -2.36. The number of fused-ring (bicyclic) bond motifs is 2. The molecule has 0 saturated carbocycles. The van der Waals surface area contributed by atoms with Crippen molar-refractivity contribution in [3.05, 3.63) is 89.5 Å². The van der Waals surface area contributed by atoms with Crippen LogP contribution in [0.2, 0.25) is 0 Å². The van der Waals surface area contributed by atoms with Crippen LogP contribution in [0, 0.1) is 6.92 Å². The Labute approximate surface area is 260 Å². The molecule has 3 aliphatic heterocycles. The first-order chi connectivity index (χ1) is 21.4. The summed E-state index contributed by atoms with van der Waals surface area (Å²) >= 11 is 1.53. The van der Waals surface area contributed by atoms with Crippen molar-refractivity contribution in [1.29, 1.82) is 0 Å². The molecule has 2 amide bonds. The average molecular weight is 611 g/mol. The van der Waals surface area contributed by atoms with Crippen LogP contribution in [0.25, 0.3) is 16.9 Å². The Hall–Kier alpha value is -4.28. The van der Waals surface area contributed by atoms with Crippen molar-refractivity contribution >= 4 is 29.4 Å². The van der Waals surface area contributed by atoms with E-state index in [9.17, 15) is 9.59 Å². The molecule has 1 aromatic heterocycles. The molecular weight excluding hydrogens is 576 g/mol. The smallest absolute Gasteiger partial charge is 0.242 e. The second kappa shape index (κ2) is 11.7. The van der Waals surface area contributed by atoms with Crippen LogP contribution in [0.1, 0.15) is 35.8 Å². The fourth-order valence-electron chi connectivity index (χ4n) is 6.15. The predicted octanol–water partition coefficient (Wildman–Crippen LogP) is 5.38. The number of hydrogen-bond acceptors (Lipinski definition) is 7. The van der Waals surface area contributed by atoms with Gasteiger partial charge in [0.15, 0.2) is 11.5 Å². The summed E-state index contributed by atoms with van der Waals surface area (Å²) in [6.07, 6.45) is -0.154. The number of carbonyl (C=O) groups is 2. The number of aromatic nitrogens is 2. The number of amides is 2. The number of ether oxygens (including phenoxy) is 3. The number of rotatable bonds is 5. The third-order valence-corrected chi connectivity index (χ3v) is 9.43. The number of thioether (sulfide) groups is 1. The van der Waals surface area contributed by atoms with Crippen molar-refractivity contribution in [1.82, 2.24) is 14.7 Å². The molecule has 0 spiro atoms. The molecule has 3 aliphatic rings. The highest BCUT2D eigenvalue weighted by Gasteiger charge is 2.39. The second-order valence-corrected chi connectivity index (χ2v) is 12.6. The zero-order chi connectivity index (χ0) is 30.4. The van der Waals surface area contributed by atoms with Crippen LogP contribution >= 0.6 is 11.8 Å². The summed E-state index contributed by atoms with van der Waals surface area (Å²) < 4.78 is 19.0. The number of carbonyl (C=O) groups excluding carboxylic acids is 2. The quantitative estimate of drug-likeness (QED) is 0.300. The Morgan fingerprint density at radius 1 is 0.955 bits per heavy atom. The van der Waals surface area contributed by atoms with Gasteiger partial charge in [-0.15, -0.1) is 11.8 Å². The van der Waals surface area contributed by atoms with Crippen LogP contribution < -0.4 is 14.4 Å². The molecule has 9 nitrogen and oxygen atoms in total. The SMILES string of the molecule is Cc1ccc(-n2nc(-c3ccccc3)c3c2N(CC(=O)N2CC(C)OC(C)C2)C(=O)CSC3c2ccc3c(c2)OCO3)cc1. The van der Waals surface area contributed by atoms with E-state index in [-0.39, 0.29) is 48.4 Å². The Balaban J connectivity index is 1.42. The van der Waals surface area contributed by atoms with Gasteiger partial charge >= 0.3 is 0 Å². The molecule has 0 bridgehead atoms. The van der Waals surface area contributed by atoms with E-state index in [0.29, 0.717) is 30.4 Å². The van der Waals surface area contributed by atoms with Gasteiger partial charge in [-0.3, -0.25) is 14.5 Å². The first-order valence-electron chi connectivity index (χ1n) is 14.9. The van der Waals surface area contributed by atoms with E-state index in [4.69, 9.17) is 19.3 Å². The molecule has 226 valence electrons. The number of hydrogen-bond donors (Lipinski definition) is 0. The number of aryl methyl sites for hydroxylation is 1. The summed E-state index contributed by atoms with van der Waals surface area (Å²) in [6, 6.07) is 24.0. The normalized spacial score (nSPS) is 21.2. The molecule has 4 heterocycles. The first-order valence-corrected chi connectivity index (χ1v) is 15.9. The highest BCUT2D eigenvalue weighted by Crippen LogP contribution is 2.50. The molecule has 10 heteroatoms. The number of anilines is 1. The maximum atomic E-state index is 14.1. The van der Waals surface area contributed by atoms with Crippen molar-refractivity contribution in [2.75, 3.05) is 37.1 Å². The lowest BCUT2D eigenvalue weighted by atomic mass is 9.99. The van der Waals surface area contributed by atoms with E-state index in [1.165, 1.54) is 11.8 Å². The van der Waals surface area contributed by atoms with Crippen LogP contribution in [0.3, 0.4) is 0 Å². The monoisotopic (exact) mass is 610 g/mol. The van der Waals surface area contributed by atoms with Gasteiger partial charge in [0, 0.05) is 24.2 Å². The van der Waals surface area contributed by atoms with Crippen molar-refractivity contribution in [3.8, 4) is 28.4 Å². The second-order valence-electron chi connectivity index (χ2n) is 11.5. The zero-order valence-corrected chi connectivity index (χ0v) is 25.8. The molecule has 0 aliphatic carbocycles.